The molecule has 0 radical (unpaired) electrons. The van der Waals surface area contributed by atoms with Crippen LogP contribution in [0.5, 0.6) is 0 Å². The standard InChI is InChI=1S/C18H20N2/c19-18-16-12-13-6-2-3-7-14(13)15(16)8-9-17(18)20-10-4-1-5-11-20/h2-3,6-9H,1,4-5,10-12,19H2. The van der Waals surface area contributed by atoms with Crippen LogP contribution in [-0.4, -0.2) is 13.1 Å². The predicted octanol–water partition coefficient (Wildman–Crippen LogP) is 3.83. The lowest BCUT2D eigenvalue weighted by atomic mass is 10.0. The van der Waals surface area contributed by atoms with Gasteiger partial charge in [0.05, 0.1) is 11.4 Å². The van der Waals surface area contributed by atoms with Crippen molar-refractivity contribution >= 4 is 11.4 Å². The van der Waals surface area contributed by atoms with Gasteiger partial charge in [0.25, 0.3) is 0 Å². The Balaban J connectivity index is 1.78. The van der Waals surface area contributed by atoms with E-state index < -0.39 is 0 Å². The SMILES string of the molecule is Nc1c(N2CCCCC2)ccc2c1Cc1ccccc1-2. The minimum absolute atomic E-state index is 0.985. The smallest absolute Gasteiger partial charge is 0.0603 e. The van der Waals surface area contributed by atoms with Gasteiger partial charge in [-0.25, -0.2) is 0 Å². The van der Waals surface area contributed by atoms with Crippen molar-refractivity contribution in [2.75, 3.05) is 23.7 Å². The number of nitrogens with two attached hydrogens (primary N) is 1. The molecule has 20 heavy (non-hydrogen) atoms. The highest BCUT2D eigenvalue weighted by atomic mass is 15.1. The molecule has 1 aliphatic heterocycles. The van der Waals surface area contributed by atoms with E-state index >= 15 is 0 Å². The van der Waals surface area contributed by atoms with E-state index in [1.807, 2.05) is 0 Å². The average Bonchev–Trinajstić information content (AvgIpc) is 2.88. The maximum absolute atomic E-state index is 6.50. The van der Waals surface area contributed by atoms with Crippen molar-refractivity contribution in [2.45, 2.75) is 25.7 Å². The van der Waals surface area contributed by atoms with Crippen molar-refractivity contribution in [1.82, 2.24) is 0 Å². The first kappa shape index (κ1) is 11.8. The van der Waals surface area contributed by atoms with E-state index in [0.29, 0.717) is 0 Å². The second kappa shape index (κ2) is 4.55. The van der Waals surface area contributed by atoms with E-state index in [1.165, 1.54) is 47.2 Å². The van der Waals surface area contributed by atoms with Crippen LogP contribution >= 0.6 is 0 Å². The number of nitrogens with zero attached hydrogens (tertiary/aromatic N) is 1. The minimum atomic E-state index is 0.985. The Morgan fingerprint density at radius 1 is 0.850 bits per heavy atom. The summed E-state index contributed by atoms with van der Waals surface area (Å²) >= 11 is 0. The fraction of sp³-hybridized carbons (Fsp3) is 0.333. The molecule has 2 aromatic carbocycles. The molecular formula is C18H20N2. The number of rotatable bonds is 1. The molecule has 1 fully saturated rings. The number of hydrogen-bond acceptors (Lipinski definition) is 2. The summed E-state index contributed by atoms with van der Waals surface area (Å²) in [5, 5.41) is 0. The van der Waals surface area contributed by atoms with E-state index in [4.69, 9.17) is 5.73 Å². The first-order valence-electron chi connectivity index (χ1n) is 7.59. The molecule has 1 aliphatic carbocycles. The predicted molar refractivity (Wildman–Crippen MR) is 85.2 cm³/mol. The van der Waals surface area contributed by atoms with Crippen LogP contribution in [0.2, 0.25) is 0 Å². The Labute approximate surface area is 120 Å². The first-order valence-corrected chi connectivity index (χ1v) is 7.59. The lowest BCUT2D eigenvalue weighted by Gasteiger charge is -2.30. The summed E-state index contributed by atoms with van der Waals surface area (Å²) in [6.07, 6.45) is 4.92. The van der Waals surface area contributed by atoms with E-state index in [0.717, 1.165) is 25.2 Å². The maximum Gasteiger partial charge on any atom is 0.0603 e. The molecule has 0 spiro atoms. The largest absolute Gasteiger partial charge is 0.397 e. The monoisotopic (exact) mass is 264 g/mol. The van der Waals surface area contributed by atoms with Crippen molar-refractivity contribution in [3.05, 3.63) is 47.5 Å². The Morgan fingerprint density at radius 3 is 2.50 bits per heavy atom. The van der Waals surface area contributed by atoms with Crippen LogP contribution in [0, 0.1) is 0 Å². The van der Waals surface area contributed by atoms with E-state index in [-0.39, 0.29) is 0 Å². The highest BCUT2D eigenvalue weighted by Gasteiger charge is 2.23. The quantitative estimate of drug-likeness (QED) is 0.677. The molecule has 2 aliphatic rings. The molecule has 1 heterocycles. The van der Waals surface area contributed by atoms with Crippen LogP contribution in [0.1, 0.15) is 30.4 Å². The summed E-state index contributed by atoms with van der Waals surface area (Å²) in [5.74, 6) is 0. The summed E-state index contributed by atoms with van der Waals surface area (Å²) in [7, 11) is 0. The van der Waals surface area contributed by atoms with Crippen molar-refractivity contribution in [2.24, 2.45) is 0 Å². The van der Waals surface area contributed by atoms with Gasteiger partial charge in [-0.3, -0.25) is 0 Å². The highest BCUT2D eigenvalue weighted by molar-refractivity contribution is 5.87. The summed E-state index contributed by atoms with van der Waals surface area (Å²) in [4.78, 5) is 2.46. The fourth-order valence-electron chi connectivity index (χ4n) is 3.63. The van der Waals surface area contributed by atoms with Gasteiger partial charge in [0.15, 0.2) is 0 Å². The Hall–Kier alpha value is -1.96. The normalized spacial score (nSPS) is 16.9. The summed E-state index contributed by atoms with van der Waals surface area (Å²) in [5.41, 5.74) is 14.2. The first-order chi connectivity index (χ1) is 9.84. The molecule has 0 atom stereocenters. The van der Waals surface area contributed by atoms with Crippen molar-refractivity contribution in [3.8, 4) is 11.1 Å². The van der Waals surface area contributed by atoms with Gasteiger partial charge in [0, 0.05) is 19.5 Å². The van der Waals surface area contributed by atoms with Gasteiger partial charge in [0.1, 0.15) is 0 Å². The zero-order chi connectivity index (χ0) is 13.5. The third-order valence-electron chi connectivity index (χ3n) is 4.71. The van der Waals surface area contributed by atoms with E-state index in [1.54, 1.807) is 0 Å². The second-order valence-electron chi connectivity index (χ2n) is 5.91. The summed E-state index contributed by atoms with van der Waals surface area (Å²) in [6.45, 7) is 2.30. The molecule has 0 saturated carbocycles. The van der Waals surface area contributed by atoms with Crippen LogP contribution in [0.4, 0.5) is 11.4 Å². The molecule has 4 rings (SSSR count). The topological polar surface area (TPSA) is 29.3 Å². The summed E-state index contributed by atoms with van der Waals surface area (Å²) in [6, 6.07) is 13.1. The van der Waals surface area contributed by atoms with Gasteiger partial charge in [-0.2, -0.15) is 0 Å². The molecule has 2 heteroatoms. The number of nitrogen functional groups attached to an aromatic ring is 1. The zero-order valence-electron chi connectivity index (χ0n) is 11.7. The molecule has 1 saturated heterocycles. The van der Waals surface area contributed by atoms with Gasteiger partial charge in [-0.05, 0) is 47.6 Å². The highest BCUT2D eigenvalue weighted by Crippen LogP contribution is 2.43. The number of benzene rings is 2. The average molecular weight is 264 g/mol. The molecular weight excluding hydrogens is 244 g/mol. The molecule has 0 aromatic heterocycles. The van der Waals surface area contributed by atoms with Gasteiger partial charge < -0.3 is 10.6 Å². The van der Waals surface area contributed by atoms with Crippen LogP contribution in [-0.2, 0) is 6.42 Å². The molecule has 2 aromatic rings. The van der Waals surface area contributed by atoms with E-state index in [9.17, 15) is 0 Å². The van der Waals surface area contributed by atoms with Gasteiger partial charge in [-0.1, -0.05) is 30.3 Å². The number of anilines is 2. The Morgan fingerprint density at radius 2 is 1.65 bits per heavy atom. The molecule has 0 unspecified atom stereocenters. The van der Waals surface area contributed by atoms with Gasteiger partial charge >= 0.3 is 0 Å². The molecule has 0 bridgehead atoms. The number of hydrogen-bond donors (Lipinski definition) is 1. The number of fused-ring (bicyclic) bond motifs is 3. The number of piperidine rings is 1. The molecule has 0 amide bonds. The second-order valence-corrected chi connectivity index (χ2v) is 5.91. The third-order valence-corrected chi connectivity index (χ3v) is 4.71. The van der Waals surface area contributed by atoms with Crippen molar-refractivity contribution in [3.63, 3.8) is 0 Å². The minimum Gasteiger partial charge on any atom is -0.397 e. The van der Waals surface area contributed by atoms with Crippen LogP contribution in [0.25, 0.3) is 11.1 Å². The Bertz CT molecular complexity index is 654. The zero-order valence-corrected chi connectivity index (χ0v) is 11.7. The van der Waals surface area contributed by atoms with Crippen molar-refractivity contribution in [1.29, 1.82) is 0 Å². The van der Waals surface area contributed by atoms with Crippen LogP contribution < -0.4 is 10.6 Å². The van der Waals surface area contributed by atoms with Crippen LogP contribution in [0.15, 0.2) is 36.4 Å². The third kappa shape index (κ3) is 1.71. The molecule has 2 N–H and O–H groups in total. The van der Waals surface area contributed by atoms with Crippen LogP contribution in [0.3, 0.4) is 0 Å². The lowest BCUT2D eigenvalue weighted by Crippen LogP contribution is -2.30. The Kier molecular flexibility index (Phi) is 2.69. The molecule has 2 nitrogen and oxygen atoms in total. The molecule has 102 valence electrons. The summed E-state index contributed by atoms with van der Waals surface area (Å²) < 4.78 is 0. The van der Waals surface area contributed by atoms with Crippen molar-refractivity contribution < 1.29 is 0 Å². The van der Waals surface area contributed by atoms with Gasteiger partial charge in [0.2, 0.25) is 0 Å². The fourth-order valence-corrected chi connectivity index (χ4v) is 3.63. The van der Waals surface area contributed by atoms with E-state index in [2.05, 4.69) is 41.3 Å². The maximum atomic E-state index is 6.50. The van der Waals surface area contributed by atoms with Gasteiger partial charge in [-0.15, -0.1) is 0 Å². The lowest BCUT2D eigenvalue weighted by molar-refractivity contribution is 0.578.